The summed E-state index contributed by atoms with van der Waals surface area (Å²) in [7, 11) is 5.75. The quantitative estimate of drug-likeness (QED) is 0.545. The molecule has 1 atom stereocenters. The number of rotatable bonds is 8. The number of aromatic nitrogens is 2. The number of nitrogens with zero attached hydrogens (tertiary/aromatic N) is 3. The molecule has 0 spiro atoms. The van der Waals surface area contributed by atoms with E-state index in [1.807, 2.05) is 18.8 Å². The smallest absolute Gasteiger partial charge is 0.0833 e. The van der Waals surface area contributed by atoms with Crippen molar-refractivity contribution >= 4 is 23.2 Å². The van der Waals surface area contributed by atoms with Gasteiger partial charge in [0.1, 0.15) is 0 Å². The molecule has 6 heteroatoms. The number of alkyl halides is 1. The summed E-state index contributed by atoms with van der Waals surface area (Å²) in [5, 5.41) is 4.81. The van der Waals surface area contributed by atoms with Crippen molar-refractivity contribution in [1.29, 1.82) is 0 Å². The second kappa shape index (κ2) is 8.00. The number of hydrogen-bond donors (Lipinski definition) is 0. The van der Waals surface area contributed by atoms with Crippen LogP contribution in [0.1, 0.15) is 23.9 Å². The lowest BCUT2D eigenvalue weighted by Crippen LogP contribution is -2.20. The van der Waals surface area contributed by atoms with Gasteiger partial charge in [-0.2, -0.15) is 5.10 Å². The highest BCUT2D eigenvalue weighted by atomic mass is 35.5. The average Bonchev–Trinajstić information content (AvgIpc) is 2.68. The van der Waals surface area contributed by atoms with E-state index >= 15 is 0 Å². The van der Waals surface area contributed by atoms with Gasteiger partial charge in [0, 0.05) is 20.3 Å². The molecule has 0 aliphatic rings. The van der Waals surface area contributed by atoms with Crippen LogP contribution in [-0.4, -0.2) is 49.0 Å². The second-order valence-electron chi connectivity index (χ2n) is 4.51. The van der Waals surface area contributed by atoms with E-state index in [1.54, 1.807) is 13.3 Å². The first-order valence-electron chi connectivity index (χ1n) is 6.05. The van der Waals surface area contributed by atoms with Crippen molar-refractivity contribution in [2.45, 2.75) is 24.8 Å². The summed E-state index contributed by atoms with van der Waals surface area (Å²) in [4.78, 5) is 2.10. The molecule has 0 radical (unpaired) electrons. The van der Waals surface area contributed by atoms with E-state index in [1.165, 1.54) is 0 Å². The molecule has 1 unspecified atom stereocenters. The molecule has 18 heavy (non-hydrogen) atoms. The Bertz CT molecular complexity index is 355. The molecule has 4 nitrogen and oxygen atoms in total. The SMILES string of the molecule is COCCCC(Cl)c1c(Cl)cnn1CCN(C)C. The molecule has 0 N–H and O–H groups in total. The van der Waals surface area contributed by atoms with E-state index in [4.69, 9.17) is 27.9 Å². The summed E-state index contributed by atoms with van der Waals surface area (Å²) in [6.07, 6.45) is 3.42. The van der Waals surface area contributed by atoms with Crippen LogP contribution in [0.2, 0.25) is 5.02 Å². The normalized spacial score (nSPS) is 13.2. The largest absolute Gasteiger partial charge is 0.385 e. The Kier molecular flexibility index (Phi) is 7.00. The monoisotopic (exact) mass is 293 g/mol. The van der Waals surface area contributed by atoms with Crippen molar-refractivity contribution in [3.63, 3.8) is 0 Å². The fraction of sp³-hybridized carbons (Fsp3) is 0.750. The molecule has 0 saturated carbocycles. The van der Waals surface area contributed by atoms with Gasteiger partial charge in [-0.1, -0.05) is 11.6 Å². The van der Waals surface area contributed by atoms with Crippen LogP contribution in [0, 0.1) is 0 Å². The number of hydrogen-bond acceptors (Lipinski definition) is 3. The van der Waals surface area contributed by atoms with Crippen LogP contribution in [0.15, 0.2) is 6.20 Å². The summed E-state index contributed by atoms with van der Waals surface area (Å²) >= 11 is 12.5. The van der Waals surface area contributed by atoms with Crippen LogP contribution >= 0.6 is 23.2 Å². The Morgan fingerprint density at radius 3 is 2.83 bits per heavy atom. The Balaban J connectivity index is 2.64. The first kappa shape index (κ1) is 15.8. The molecule has 104 valence electrons. The van der Waals surface area contributed by atoms with Crippen LogP contribution in [-0.2, 0) is 11.3 Å². The minimum Gasteiger partial charge on any atom is -0.385 e. The lowest BCUT2D eigenvalue weighted by atomic mass is 10.2. The molecule has 1 aromatic rings. The van der Waals surface area contributed by atoms with Gasteiger partial charge >= 0.3 is 0 Å². The van der Waals surface area contributed by atoms with Gasteiger partial charge < -0.3 is 9.64 Å². The van der Waals surface area contributed by atoms with E-state index in [9.17, 15) is 0 Å². The minimum absolute atomic E-state index is 0.114. The van der Waals surface area contributed by atoms with Crippen LogP contribution in [0.3, 0.4) is 0 Å². The van der Waals surface area contributed by atoms with Gasteiger partial charge in [-0.05, 0) is 26.9 Å². The molecule has 0 bridgehead atoms. The summed E-state index contributed by atoms with van der Waals surface area (Å²) in [6.45, 7) is 2.42. The third-order valence-corrected chi connectivity index (χ3v) is 3.41. The van der Waals surface area contributed by atoms with Crippen molar-refractivity contribution in [3.8, 4) is 0 Å². The predicted molar refractivity (Wildman–Crippen MR) is 75.5 cm³/mol. The molecule has 0 aliphatic carbocycles. The fourth-order valence-corrected chi connectivity index (χ4v) is 2.41. The topological polar surface area (TPSA) is 30.3 Å². The Hall–Kier alpha value is -0.290. The fourth-order valence-electron chi connectivity index (χ4n) is 1.70. The van der Waals surface area contributed by atoms with Gasteiger partial charge in [0.2, 0.25) is 0 Å². The second-order valence-corrected chi connectivity index (χ2v) is 5.44. The van der Waals surface area contributed by atoms with Crippen molar-refractivity contribution in [2.75, 3.05) is 34.4 Å². The van der Waals surface area contributed by atoms with Crippen molar-refractivity contribution in [2.24, 2.45) is 0 Å². The minimum atomic E-state index is -0.114. The molecule has 1 heterocycles. The summed E-state index contributed by atoms with van der Waals surface area (Å²) < 4.78 is 6.92. The number of ether oxygens (including phenoxy) is 1. The van der Waals surface area contributed by atoms with Crippen LogP contribution in [0.4, 0.5) is 0 Å². The lowest BCUT2D eigenvalue weighted by molar-refractivity contribution is 0.192. The first-order valence-corrected chi connectivity index (χ1v) is 6.86. The van der Waals surface area contributed by atoms with E-state index in [2.05, 4.69) is 10.00 Å². The number of halogens is 2. The van der Waals surface area contributed by atoms with Crippen LogP contribution in [0.5, 0.6) is 0 Å². The number of likely N-dealkylation sites (N-methyl/N-ethyl adjacent to an activating group) is 1. The molecular weight excluding hydrogens is 273 g/mol. The maximum atomic E-state index is 6.39. The Morgan fingerprint density at radius 2 is 2.22 bits per heavy atom. The van der Waals surface area contributed by atoms with Gasteiger partial charge in [0.05, 0.1) is 28.8 Å². The summed E-state index contributed by atoms with van der Waals surface area (Å²) in [5.41, 5.74) is 0.913. The maximum absolute atomic E-state index is 6.39. The molecule has 0 fully saturated rings. The maximum Gasteiger partial charge on any atom is 0.0833 e. The average molecular weight is 294 g/mol. The Morgan fingerprint density at radius 1 is 1.50 bits per heavy atom. The van der Waals surface area contributed by atoms with Gasteiger partial charge in [0.25, 0.3) is 0 Å². The van der Waals surface area contributed by atoms with Crippen LogP contribution in [0.25, 0.3) is 0 Å². The van der Waals surface area contributed by atoms with Crippen molar-refractivity contribution < 1.29 is 4.74 Å². The van der Waals surface area contributed by atoms with E-state index in [0.29, 0.717) is 11.6 Å². The van der Waals surface area contributed by atoms with E-state index in [-0.39, 0.29) is 5.38 Å². The zero-order valence-corrected chi connectivity index (χ0v) is 12.7. The molecule has 0 aliphatic heterocycles. The third-order valence-electron chi connectivity index (χ3n) is 2.69. The van der Waals surface area contributed by atoms with Gasteiger partial charge in [-0.3, -0.25) is 4.68 Å². The van der Waals surface area contributed by atoms with E-state index in [0.717, 1.165) is 31.6 Å². The molecular formula is C12H21Cl2N3O. The third kappa shape index (κ3) is 4.76. The van der Waals surface area contributed by atoms with Gasteiger partial charge in [0.15, 0.2) is 0 Å². The molecule has 1 aromatic heterocycles. The van der Waals surface area contributed by atoms with Crippen molar-refractivity contribution in [1.82, 2.24) is 14.7 Å². The zero-order chi connectivity index (χ0) is 13.5. The highest BCUT2D eigenvalue weighted by Gasteiger charge is 2.18. The van der Waals surface area contributed by atoms with E-state index < -0.39 is 0 Å². The highest BCUT2D eigenvalue weighted by Crippen LogP contribution is 2.31. The molecule has 1 rings (SSSR count). The molecule has 0 aromatic carbocycles. The standard InChI is InChI=1S/C12H21Cl2N3O/c1-16(2)6-7-17-12(11(14)9-15-17)10(13)5-4-8-18-3/h9-10H,4-8H2,1-3H3. The highest BCUT2D eigenvalue weighted by molar-refractivity contribution is 6.32. The summed E-state index contributed by atoms with van der Waals surface area (Å²) in [6, 6.07) is 0. The Labute approximate surface area is 119 Å². The van der Waals surface area contributed by atoms with Gasteiger partial charge in [-0.25, -0.2) is 0 Å². The molecule has 0 amide bonds. The zero-order valence-electron chi connectivity index (χ0n) is 11.2. The van der Waals surface area contributed by atoms with Crippen molar-refractivity contribution in [3.05, 3.63) is 16.9 Å². The predicted octanol–water partition coefficient (Wildman–Crippen LogP) is 2.80. The molecule has 0 saturated heterocycles. The van der Waals surface area contributed by atoms with Crippen LogP contribution < -0.4 is 0 Å². The lowest BCUT2D eigenvalue weighted by Gasteiger charge is -2.15. The summed E-state index contributed by atoms with van der Waals surface area (Å²) in [5.74, 6) is 0. The van der Waals surface area contributed by atoms with Gasteiger partial charge in [-0.15, -0.1) is 11.6 Å². The number of methoxy groups -OCH3 is 1. The first-order chi connectivity index (χ1) is 8.56.